The molecule has 0 aliphatic carbocycles. The largest absolute Gasteiger partial charge is 0.433 e. The maximum absolute atomic E-state index is 13.7. The second-order valence-electron chi connectivity index (χ2n) is 8.50. The third-order valence-electron chi connectivity index (χ3n) is 6.09. The molecule has 0 saturated carbocycles. The number of amides is 2. The molecule has 1 aromatic carbocycles. The molecule has 1 aliphatic rings. The van der Waals surface area contributed by atoms with Gasteiger partial charge in [0, 0.05) is 30.1 Å². The van der Waals surface area contributed by atoms with Crippen LogP contribution in [0.15, 0.2) is 41.7 Å². The summed E-state index contributed by atoms with van der Waals surface area (Å²) in [5.74, 6) is -2.10. The van der Waals surface area contributed by atoms with E-state index >= 15 is 0 Å². The molecule has 9 nitrogen and oxygen atoms in total. The van der Waals surface area contributed by atoms with Gasteiger partial charge in [0.15, 0.2) is 0 Å². The lowest BCUT2D eigenvalue weighted by Crippen LogP contribution is -2.29. The molecule has 3 aromatic heterocycles. The van der Waals surface area contributed by atoms with Gasteiger partial charge in [0.2, 0.25) is 6.10 Å². The van der Waals surface area contributed by atoms with Crippen molar-refractivity contribution in [3.8, 4) is 11.1 Å². The fraction of sp³-hybridized carbons (Fsp3) is 0.208. The number of rotatable bonds is 5. The van der Waals surface area contributed by atoms with Crippen molar-refractivity contribution in [3.63, 3.8) is 0 Å². The van der Waals surface area contributed by atoms with Crippen molar-refractivity contribution >= 4 is 44.8 Å². The Hall–Kier alpha value is -4.33. The van der Waals surface area contributed by atoms with Crippen LogP contribution in [0.4, 0.5) is 23.2 Å². The number of pyridine rings is 1. The van der Waals surface area contributed by atoms with E-state index in [0.717, 1.165) is 6.07 Å². The Bertz CT molecular complexity index is 1620. The lowest BCUT2D eigenvalue weighted by molar-refractivity contribution is -0.140. The minimum Gasteiger partial charge on any atom is -0.382 e. The normalized spacial score (nSPS) is 15.4. The number of thiophene rings is 1. The maximum atomic E-state index is 13.7. The summed E-state index contributed by atoms with van der Waals surface area (Å²) in [6.45, 7) is 1.67. The van der Waals surface area contributed by atoms with E-state index in [1.165, 1.54) is 35.1 Å². The summed E-state index contributed by atoms with van der Waals surface area (Å²) in [6.07, 6.45) is -4.46. The first-order valence-electron chi connectivity index (χ1n) is 11.1. The zero-order valence-electron chi connectivity index (χ0n) is 19.8. The molecule has 0 fully saturated rings. The van der Waals surface area contributed by atoms with Crippen LogP contribution < -0.4 is 11.1 Å². The van der Waals surface area contributed by atoms with Gasteiger partial charge in [0.25, 0.3) is 11.8 Å². The van der Waals surface area contributed by atoms with Crippen LogP contribution in [0.25, 0.3) is 21.3 Å². The molecule has 1 atom stereocenters. The highest BCUT2D eigenvalue weighted by Gasteiger charge is 2.36. The molecule has 5 rings (SSSR count). The van der Waals surface area contributed by atoms with Gasteiger partial charge in [-0.25, -0.2) is 9.37 Å². The van der Waals surface area contributed by atoms with E-state index in [0.29, 0.717) is 33.9 Å². The van der Waals surface area contributed by atoms with Crippen LogP contribution in [0.3, 0.4) is 0 Å². The van der Waals surface area contributed by atoms with Gasteiger partial charge in [-0.05, 0) is 36.2 Å². The number of nitrogens with two attached hydrogens (primary N) is 1. The predicted molar refractivity (Wildman–Crippen MR) is 131 cm³/mol. The number of carbonyl (C=O) groups is 2. The number of alkyl halides is 3. The lowest BCUT2D eigenvalue weighted by Gasteiger charge is -2.13. The number of oxime groups is 1. The molecule has 4 aromatic rings. The molecule has 196 valence electrons. The highest BCUT2D eigenvalue weighted by Crippen LogP contribution is 2.44. The first-order chi connectivity index (χ1) is 17.9. The Morgan fingerprint density at radius 3 is 2.53 bits per heavy atom. The van der Waals surface area contributed by atoms with Gasteiger partial charge < -0.3 is 15.9 Å². The zero-order valence-corrected chi connectivity index (χ0v) is 20.6. The summed E-state index contributed by atoms with van der Waals surface area (Å²) in [4.78, 5) is 34.1. The molecule has 14 heteroatoms. The number of aryl methyl sites for hydroxylation is 1. The standard InChI is InChI=1S/C24H18F4N6O3S/c1-10-14(9-30-34(10)2)13-7-17(24(26,27)28)31-23-18(13)19(20(38-23)21(29)35)32-22(36)16-8-15(33-37-16)11-3-5-12(25)6-4-11/h3-7,9,16H,8H2,1-2H3,(H2,29,35)(H,32,36). The molecule has 4 heterocycles. The minimum absolute atomic E-state index is 0.0382. The van der Waals surface area contributed by atoms with E-state index in [9.17, 15) is 27.2 Å². The van der Waals surface area contributed by atoms with Crippen molar-refractivity contribution in [2.24, 2.45) is 17.9 Å². The number of nitrogens with zero attached hydrogens (tertiary/aromatic N) is 4. The quantitative estimate of drug-likeness (QED) is 0.359. The van der Waals surface area contributed by atoms with Crippen LogP contribution in [0.2, 0.25) is 0 Å². The maximum Gasteiger partial charge on any atom is 0.433 e. The van der Waals surface area contributed by atoms with Crippen LogP contribution in [0.1, 0.15) is 33.0 Å². The van der Waals surface area contributed by atoms with E-state index in [1.54, 1.807) is 14.0 Å². The first kappa shape index (κ1) is 25.3. The number of primary amides is 1. The number of hydrogen-bond donors (Lipinski definition) is 2. The van der Waals surface area contributed by atoms with Crippen LogP contribution in [0.5, 0.6) is 0 Å². The lowest BCUT2D eigenvalue weighted by atomic mass is 10.0. The molecule has 0 saturated heterocycles. The van der Waals surface area contributed by atoms with E-state index in [1.807, 2.05) is 0 Å². The van der Waals surface area contributed by atoms with Crippen molar-refractivity contribution < 1.29 is 32.0 Å². The third kappa shape index (κ3) is 4.47. The minimum atomic E-state index is -4.77. The summed E-state index contributed by atoms with van der Waals surface area (Å²) >= 11 is 0.634. The summed E-state index contributed by atoms with van der Waals surface area (Å²) in [5.41, 5.74) is 6.21. The summed E-state index contributed by atoms with van der Waals surface area (Å²) in [6, 6.07) is 6.31. The highest BCUT2D eigenvalue weighted by atomic mass is 32.1. The molecular weight excluding hydrogens is 528 g/mol. The van der Waals surface area contributed by atoms with Crippen molar-refractivity contribution in [1.29, 1.82) is 0 Å². The number of carbonyl (C=O) groups excluding carboxylic acids is 2. The second-order valence-corrected chi connectivity index (χ2v) is 9.50. The van der Waals surface area contributed by atoms with Gasteiger partial charge >= 0.3 is 6.18 Å². The fourth-order valence-corrected chi connectivity index (χ4v) is 5.05. The van der Waals surface area contributed by atoms with E-state index in [4.69, 9.17) is 10.6 Å². The van der Waals surface area contributed by atoms with Crippen molar-refractivity contribution in [2.45, 2.75) is 25.6 Å². The molecule has 0 spiro atoms. The Labute approximate surface area is 215 Å². The topological polar surface area (TPSA) is 124 Å². The smallest absolute Gasteiger partial charge is 0.382 e. The molecule has 3 N–H and O–H groups in total. The molecule has 1 unspecified atom stereocenters. The molecule has 0 bridgehead atoms. The molecule has 2 amide bonds. The van der Waals surface area contributed by atoms with Crippen LogP contribution in [-0.2, 0) is 22.9 Å². The Morgan fingerprint density at radius 1 is 1.21 bits per heavy atom. The number of hydrogen-bond acceptors (Lipinski definition) is 7. The van der Waals surface area contributed by atoms with Gasteiger partial charge in [0.1, 0.15) is 21.2 Å². The number of benzene rings is 1. The molecular formula is C24H18F4N6O3S. The number of anilines is 1. The van der Waals surface area contributed by atoms with Crippen LogP contribution in [0, 0.1) is 12.7 Å². The second kappa shape index (κ2) is 9.20. The molecule has 38 heavy (non-hydrogen) atoms. The Morgan fingerprint density at radius 2 is 1.92 bits per heavy atom. The SMILES string of the molecule is Cc1c(-c2cc(C(F)(F)F)nc3sc(C(N)=O)c(NC(=O)C4CC(c5ccc(F)cc5)=NO4)c23)cnn1C. The Balaban J connectivity index is 1.57. The number of fused-ring (bicyclic) bond motifs is 1. The summed E-state index contributed by atoms with van der Waals surface area (Å²) in [5, 5.41) is 10.7. The van der Waals surface area contributed by atoms with E-state index in [-0.39, 0.29) is 32.8 Å². The molecule has 1 aliphatic heterocycles. The third-order valence-corrected chi connectivity index (χ3v) is 7.19. The first-order valence-corrected chi connectivity index (χ1v) is 11.9. The average molecular weight is 547 g/mol. The van der Waals surface area contributed by atoms with E-state index < -0.39 is 35.6 Å². The number of nitrogens with one attached hydrogen (secondary N) is 1. The van der Waals surface area contributed by atoms with Crippen LogP contribution in [-0.4, -0.2) is 38.4 Å². The number of aromatic nitrogens is 3. The Kier molecular flexibility index (Phi) is 6.13. The van der Waals surface area contributed by atoms with Crippen molar-refractivity contribution in [3.05, 3.63) is 64.2 Å². The van der Waals surface area contributed by atoms with Crippen molar-refractivity contribution in [1.82, 2.24) is 14.8 Å². The summed E-state index contributed by atoms with van der Waals surface area (Å²) in [7, 11) is 1.63. The van der Waals surface area contributed by atoms with Gasteiger partial charge in [-0.3, -0.25) is 14.3 Å². The van der Waals surface area contributed by atoms with Gasteiger partial charge in [-0.1, -0.05) is 17.3 Å². The van der Waals surface area contributed by atoms with Gasteiger partial charge in [-0.2, -0.15) is 18.3 Å². The summed E-state index contributed by atoms with van der Waals surface area (Å²) < 4.78 is 55.8. The monoisotopic (exact) mass is 546 g/mol. The van der Waals surface area contributed by atoms with Crippen LogP contribution >= 0.6 is 11.3 Å². The van der Waals surface area contributed by atoms with Gasteiger partial charge in [0.05, 0.1) is 17.6 Å². The van der Waals surface area contributed by atoms with Crippen molar-refractivity contribution in [2.75, 3.05) is 5.32 Å². The predicted octanol–water partition coefficient (Wildman–Crippen LogP) is 4.39. The average Bonchev–Trinajstić information content (AvgIpc) is 3.57. The fourth-order valence-electron chi connectivity index (χ4n) is 4.05. The van der Waals surface area contributed by atoms with E-state index in [2.05, 4.69) is 20.6 Å². The molecule has 0 radical (unpaired) electrons. The number of halogens is 4. The zero-order chi connectivity index (χ0) is 27.4. The van der Waals surface area contributed by atoms with Gasteiger partial charge in [-0.15, -0.1) is 11.3 Å². The highest BCUT2D eigenvalue weighted by molar-refractivity contribution is 7.21.